The molecule has 0 spiro atoms. The maximum absolute atomic E-state index is 13.7. The topological polar surface area (TPSA) is 38.5 Å². The van der Waals surface area contributed by atoms with Crippen LogP contribution in [0.4, 0.5) is 10.1 Å². The van der Waals surface area contributed by atoms with E-state index in [-0.39, 0.29) is 18.4 Å². The Morgan fingerprint density at radius 2 is 2.18 bits per heavy atom. The van der Waals surface area contributed by atoms with E-state index in [9.17, 15) is 4.39 Å². The number of methoxy groups -OCH3 is 1. The Morgan fingerprint density at radius 1 is 1.47 bits per heavy atom. The van der Waals surface area contributed by atoms with Gasteiger partial charge in [0, 0.05) is 37.5 Å². The van der Waals surface area contributed by atoms with Crippen molar-refractivity contribution < 1.29 is 9.13 Å². The Morgan fingerprint density at radius 3 is 2.71 bits per heavy atom. The van der Waals surface area contributed by atoms with Gasteiger partial charge in [0.15, 0.2) is 0 Å². The minimum Gasteiger partial charge on any atom is -0.383 e. The van der Waals surface area contributed by atoms with Gasteiger partial charge in [-0.25, -0.2) is 4.39 Å². The molecule has 1 unspecified atom stereocenters. The van der Waals surface area contributed by atoms with Gasteiger partial charge in [0.2, 0.25) is 0 Å². The number of benzene rings is 1. The van der Waals surface area contributed by atoms with E-state index in [2.05, 4.69) is 11.8 Å². The summed E-state index contributed by atoms with van der Waals surface area (Å²) in [4.78, 5) is 2.11. The third-order valence-corrected chi connectivity index (χ3v) is 2.89. The second-order valence-corrected chi connectivity index (χ2v) is 4.03. The summed E-state index contributed by atoms with van der Waals surface area (Å²) in [6.45, 7) is 5.70. The van der Waals surface area contributed by atoms with E-state index < -0.39 is 0 Å². The predicted molar refractivity (Wildman–Crippen MR) is 68.6 cm³/mol. The number of hydrogen-bond donors (Lipinski definition) is 1. The normalized spacial score (nSPS) is 12.5. The monoisotopic (exact) mass is 240 g/mol. The van der Waals surface area contributed by atoms with Crippen molar-refractivity contribution in [1.29, 1.82) is 0 Å². The molecule has 2 N–H and O–H groups in total. The van der Waals surface area contributed by atoms with Crippen LogP contribution < -0.4 is 10.6 Å². The van der Waals surface area contributed by atoms with Crippen molar-refractivity contribution in [2.24, 2.45) is 5.73 Å². The summed E-state index contributed by atoms with van der Waals surface area (Å²) in [6, 6.07) is 5.25. The highest BCUT2D eigenvalue weighted by molar-refractivity contribution is 5.54. The molecule has 1 aromatic carbocycles. The molecule has 1 aromatic rings. The van der Waals surface area contributed by atoms with Crippen LogP contribution in [0.2, 0.25) is 0 Å². The van der Waals surface area contributed by atoms with Crippen LogP contribution in [-0.4, -0.2) is 26.3 Å². The average Bonchev–Trinajstić information content (AvgIpc) is 2.30. The van der Waals surface area contributed by atoms with E-state index in [1.54, 1.807) is 13.2 Å². The van der Waals surface area contributed by atoms with E-state index in [1.165, 1.54) is 6.07 Å². The lowest BCUT2D eigenvalue weighted by Gasteiger charge is -2.31. The Kier molecular flexibility index (Phi) is 5.38. The SMILES string of the molecule is CCN(c1cccc(F)c1CN)C(C)COC. The van der Waals surface area contributed by atoms with E-state index in [0.717, 1.165) is 12.2 Å². The zero-order valence-corrected chi connectivity index (χ0v) is 10.7. The van der Waals surface area contributed by atoms with Crippen molar-refractivity contribution in [3.05, 3.63) is 29.6 Å². The summed E-state index contributed by atoms with van der Waals surface area (Å²) in [5.41, 5.74) is 7.05. The first-order valence-corrected chi connectivity index (χ1v) is 5.88. The number of halogens is 1. The number of ether oxygens (including phenoxy) is 1. The molecular weight excluding hydrogens is 219 g/mol. The fourth-order valence-electron chi connectivity index (χ4n) is 2.07. The van der Waals surface area contributed by atoms with Crippen LogP contribution in [0.25, 0.3) is 0 Å². The molecule has 1 rings (SSSR count). The molecule has 0 saturated heterocycles. The second kappa shape index (κ2) is 6.57. The highest BCUT2D eigenvalue weighted by Gasteiger charge is 2.17. The van der Waals surface area contributed by atoms with Gasteiger partial charge in [-0.05, 0) is 26.0 Å². The molecule has 17 heavy (non-hydrogen) atoms. The lowest BCUT2D eigenvalue weighted by atomic mass is 10.1. The minimum absolute atomic E-state index is 0.192. The van der Waals surface area contributed by atoms with Gasteiger partial charge in [-0.2, -0.15) is 0 Å². The molecule has 4 heteroatoms. The van der Waals surface area contributed by atoms with Crippen molar-refractivity contribution in [3.8, 4) is 0 Å². The molecule has 96 valence electrons. The van der Waals surface area contributed by atoms with Crippen LogP contribution in [-0.2, 0) is 11.3 Å². The van der Waals surface area contributed by atoms with Gasteiger partial charge in [-0.1, -0.05) is 6.07 Å². The van der Waals surface area contributed by atoms with Crippen molar-refractivity contribution in [2.45, 2.75) is 26.4 Å². The van der Waals surface area contributed by atoms with Crippen LogP contribution in [0.5, 0.6) is 0 Å². The molecule has 1 atom stereocenters. The summed E-state index contributed by atoms with van der Waals surface area (Å²) in [5, 5.41) is 0. The van der Waals surface area contributed by atoms with Gasteiger partial charge in [0.1, 0.15) is 5.82 Å². The Hall–Kier alpha value is -1.13. The summed E-state index contributed by atoms with van der Waals surface area (Å²) in [6.07, 6.45) is 0. The van der Waals surface area contributed by atoms with Gasteiger partial charge in [-0.3, -0.25) is 0 Å². The van der Waals surface area contributed by atoms with Crippen molar-refractivity contribution in [1.82, 2.24) is 0 Å². The molecule has 0 aromatic heterocycles. The van der Waals surface area contributed by atoms with Gasteiger partial charge in [-0.15, -0.1) is 0 Å². The van der Waals surface area contributed by atoms with Crippen LogP contribution in [0, 0.1) is 5.82 Å². The van der Waals surface area contributed by atoms with E-state index >= 15 is 0 Å². The van der Waals surface area contributed by atoms with Crippen molar-refractivity contribution in [3.63, 3.8) is 0 Å². The zero-order valence-electron chi connectivity index (χ0n) is 10.7. The van der Waals surface area contributed by atoms with Gasteiger partial charge >= 0.3 is 0 Å². The molecular formula is C13H21FN2O. The fraction of sp³-hybridized carbons (Fsp3) is 0.538. The number of anilines is 1. The third-order valence-electron chi connectivity index (χ3n) is 2.89. The smallest absolute Gasteiger partial charge is 0.129 e. The maximum atomic E-state index is 13.7. The molecule has 0 bridgehead atoms. The van der Waals surface area contributed by atoms with E-state index in [4.69, 9.17) is 10.5 Å². The Balaban J connectivity index is 3.06. The molecule has 0 amide bonds. The molecule has 0 saturated carbocycles. The molecule has 0 fully saturated rings. The van der Waals surface area contributed by atoms with Crippen LogP contribution in [0.1, 0.15) is 19.4 Å². The van der Waals surface area contributed by atoms with Gasteiger partial charge in [0.05, 0.1) is 6.61 Å². The number of nitrogens with zero attached hydrogens (tertiary/aromatic N) is 1. The lowest BCUT2D eigenvalue weighted by molar-refractivity contribution is 0.182. The fourth-order valence-corrected chi connectivity index (χ4v) is 2.07. The van der Waals surface area contributed by atoms with Crippen LogP contribution in [0.3, 0.4) is 0 Å². The number of nitrogens with two attached hydrogens (primary N) is 1. The summed E-state index contributed by atoms with van der Waals surface area (Å²) >= 11 is 0. The van der Waals surface area contributed by atoms with Gasteiger partial charge < -0.3 is 15.4 Å². The first-order valence-electron chi connectivity index (χ1n) is 5.88. The third kappa shape index (κ3) is 3.17. The minimum atomic E-state index is -0.243. The highest BCUT2D eigenvalue weighted by Crippen LogP contribution is 2.24. The molecule has 0 heterocycles. The first-order chi connectivity index (χ1) is 8.15. The molecule has 3 nitrogen and oxygen atoms in total. The largest absolute Gasteiger partial charge is 0.383 e. The summed E-state index contributed by atoms with van der Waals surface area (Å²) in [7, 11) is 1.67. The van der Waals surface area contributed by atoms with E-state index in [0.29, 0.717) is 12.2 Å². The zero-order chi connectivity index (χ0) is 12.8. The number of likely N-dealkylation sites (N-methyl/N-ethyl adjacent to an activating group) is 1. The first kappa shape index (κ1) is 13.9. The summed E-state index contributed by atoms with van der Waals surface area (Å²) in [5.74, 6) is -0.243. The molecule has 0 aliphatic heterocycles. The lowest BCUT2D eigenvalue weighted by Crippen LogP contribution is -2.37. The van der Waals surface area contributed by atoms with Crippen LogP contribution in [0.15, 0.2) is 18.2 Å². The Bertz CT molecular complexity index is 357. The van der Waals surface area contributed by atoms with Crippen molar-refractivity contribution in [2.75, 3.05) is 25.2 Å². The maximum Gasteiger partial charge on any atom is 0.129 e. The molecule has 0 aliphatic carbocycles. The van der Waals surface area contributed by atoms with Crippen molar-refractivity contribution >= 4 is 5.69 Å². The Labute approximate surface area is 102 Å². The quantitative estimate of drug-likeness (QED) is 0.828. The van der Waals surface area contributed by atoms with Gasteiger partial charge in [0.25, 0.3) is 0 Å². The highest BCUT2D eigenvalue weighted by atomic mass is 19.1. The number of rotatable bonds is 6. The molecule has 0 aliphatic rings. The predicted octanol–water partition coefficient (Wildman–Crippen LogP) is 2.15. The average molecular weight is 240 g/mol. The summed E-state index contributed by atoms with van der Waals surface area (Å²) < 4.78 is 18.8. The van der Waals surface area contributed by atoms with E-state index in [1.807, 2.05) is 13.0 Å². The van der Waals surface area contributed by atoms with Crippen LogP contribution >= 0.6 is 0 Å². The standard InChI is InChI=1S/C13H21FN2O/c1-4-16(10(2)9-17-3)13-7-5-6-12(14)11(13)8-15/h5-7,10H,4,8-9,15H2,1-3H3. The molecule has 0 radical (unpaired) electrons. The number of hydrogen-bond acceptors (Lipinski definition) is 3. The second-order valence-electron chi connectivity index (χ2n) is 4.03.